The van der Waals surface area contributed by atoms with Gasteiger partial charge in [0.2, 0.25) is 11.8 Å². The van der Waals surface area contributed by atoms with Crippen molar-refractivity contribution in [1.82, 2.24) is 16.0 Å². The Morgan fingerprint density at radius 1 is 0.515 bits per heavy atom. The van der Waals surface area contributed by atoms with Gasteiger partial charge in [-0.25, -0.2) is 0 Å². The molecule has 25 unspecified atom stereocenters. The molecule has 5 aliphatic rings. The van der Waals surface area contributed by atoms with E-state index in [1.807, 2.05) is 0 Å². The van der Waals surface area contributed by atoms with Crippen molar-refractivity contribution in [3.63, 3.8) is 0 Å². The number of nitrogens with one attached hydrogen (secondary N) is 3. The number of rotatable bonds is 15. The maximum Gasteiger partial charge on any atom is 1.00 e. The van der Waals surface area contributed by atoms with E-state index >= 15 is 0 Å². The zero-order valence-corrected chi connectivity index (χ0v) is 38.1. The van der Waals surface area contributed by atoms with Crippen LogP contribution in [0.25, 0.3) is 0 Å². The first-order valence-corrected chi connectivity index (χ1v) is 20.4. The number of aliphatic hydroxyl groups excluding tert-OH is 12. The van der Waals surface area contributed by atoms with Crippen LogP contribution in [0.1, 0.15) is 20.8 Å². The second kappa shape index (κ2) is 24.2. The molecule has 66 heavy (non-hydrogen) atoms. The number of aliphatic hydroxyl groups is 12. The van der Waals surface area contributed by atoms with Gasteiger partial charge in [-0.1, -0.05) is 0 Å². The van der Waals surface area contributed by atoms with Crippen LogP contribution in [0.3, 0.4) is 0 Å². The summed E-state index contributed by atoms with van der Waals surface area (Å²) in [4.78, 5) is 50.8. The van der Waals surface area contributed by atoms with Crippen LogP contribution < -0.4 is 50.6 Å². The zero-order chi connectivity index (χ0) is 48.3. The Bertz CT molecular complexity index is 1630. The molecule has 25 atom stereocenters. The Morgan fingerprint density at radius 3 is 1.47 bits per heavy atom. The molecule has 15 N–H and O–H groups in total. The Hall–Kier alpha value is -1.96. The largest absolute Gasteiger partial charge is 1.00 e. The minimum atomic E-state index is -2.40. The molecule has 5 fully saturated rings. The van der Waals surface area contributed by atoms with E-state index in [0.29, 0.717) is 0 Å². The van der Waals surface area contributed by atoms with Crippen molar-refractivity contribution in [2.45, 2.75) is 174 Å². The van der Waals surface area contributed by atoms with E-state index in [4.69, 9.17) is 42.6 Å². The monoisotopic (exact) mass is 971 g/mol. The summed E-state index contributed by atoms with van der Waals surface area (Å²) in [6.07, 6.45) is -42.0. The Labute approximate surface area is 397 Å². The molecule has 5 heterocycles. The van der Waals surface area contributed by atoms with E-state index in [1.54, 1.807) is 0 Å². The maximum absolute atomic E-state index is 13.6. The maximum atomic E-state index is 13.6. The molecule has 0 aromatic heterocycles. The Kier molecular flexibility index (Phi) is 20.8. The van der Waals surface area contributed by atoms with Crippen molar-refractivity contribution in [3.8, 4) is 0 Å². The van der Waals surface area contributed by atoms with Crippen LogP contribution in [0.4, 0.5) is 0 Å². The molecule has 0 spiro atoms. The second-order valence-electron chi connectivity index (χ2n) is 16.1. The van der Waals surface area contributed by atoms with E-state index in [0.717, 1.165) is 21.0 Å². The first-order valence-electron chi connectivity index (χ1n) is 20.4. The van der Waals surface area contributed by atoms with Gasteiger partial charge in [0.05, 0.1) is 37.9 Å². The minimum absolute atomic E-state index is 0. The fourth-order valence-electron chi connectivity index (χ4n) is 8.29. The molecule has 29 nitrogen and oxygen atoms in total. The summed E-state index contributed by atoms with van der Waals surface area (Å²) < 4.78 is 50.0. The van der Waals surface area contributed by atoms with Gasteiger partial charge in [-0.15, -0.1) is 0 Å². The molecule has 374 valence electrons. The van der Waals surface area contributed by atoms with Crippen LogP contribution >= 0.6 is 0 Å². The smallest absolute Gasteiger partial charge is 0.547 e. The molecule has 0 bridgehead atoms. The predicted octanol–water partition coefficient (Wildman–Crippen LogP) is -15.1. The average Bonchev–Trinajstić information content (AvgIpc) is 3.25. The fraction of sp³-hybridized carbons (Fsp3) is 0.889. The van der Waals surface area contributed by atoms with Crippen LogP contribution in [0, 0.1) is 0 Å². The number of hydrogen-bond donors (Lipinski definition) is 15. The zero-order valence-electron chi connectivity index (χ0n) is 36.1. The number of carboxylic acid groups (broad SMARTS) is 1. The number of amides is 3. The van der Waals surface area contributed by atoms with Gasteiger partial charge < -0.3 is 130 Å². The Morgan fingerprint density at radius 2 is 0.970 bits per heavy atom. The van der Waals surface area contributed by atoms with Crippen LogP contribution in [0.5, 0.6) is 0 Å². The number of carbonyl (C=O) groups is 4. The van der Waals surface area contributed by atoms with Gasteiger partial charge >= 0.3 is 29.6 Å². The van der Waals surface area contributed by atoms with Crippen molar-refractivity contribution in [3.05, 3.63) is 0 Å². The topological polar surface area (TPSA) is 453 Å². The summed E-state index contributed by atoms with van der Waals surface area (Å²) in [5, 5.41) is 147. The van der Waals surface area contributed by atoms with Crippen LogP contribution in [0.15, 0.2) is 0 Å². The summed E-state index contributed by atoms with van der Waals surface area (Å²) in [6, 6.07) is -4.80. The molecule has 0 saturated carbocycles. The van der Waals surface area contributed by atoms with Crippen molar-refractivity contribution in [2.75, 3.05) is 26.9 Å². The van der Waals surface area contributed by atoms with Gasteiger partial charge in [-0.3, -0.25) is 14.4 Å². The number of ether oxygens (including phenoxy) is 9. The SMILES string of the molecule is COC1C(C(=O)NC2C(O)OC(CO)C(O)C2O)OC(OC2C(O)C(CO)OC(OC3C(C(=O)[O-])OC(OC4C(O)C(CO)OC(C)C4NC(C)=O)C(O)C3O)C2NC(C)=O)C(O)C1O.[Na+]. The molecule has 0 aromatic rings. The molecule has 5 rings (SSSR count). The molecule has 0 aliphatic carbocycles. The molecular weight excluding hydrogens is 913 g/mol. The van der Waals surface area contributed by atoms with E-state index in [-0.39, 0.29) is 29.6 Å². The van der Waals surface area contributed by atoms with Gasteiger partial charge in [-0.05, 0) is 6.92 Å². The number of aliphatic carboxylic acids is 1. The van der Waals surface area contributed by atoms with Gasteiger partial charge in [0.1, 0.15) is 110 Å². The normalized spacial score (nSPS) is 46.3. The number of methoxy groups -OCH3 is 1. The Balaban J connectivity index is 0.00000952. The summed E-state index contributed by atoms with van der Waals surface area (Å²) in [5.41, 5.74) is 0. The van der Waals surface area contributed by atoms with E-state index < -0.39 is 197 Å². The first kappa shape index (κ1) is 56.6. The molecule has 3 amide bonds. The number of carbonyl (C=O) groups excluding carboxylic acids is 4. The quantitative estimate of drug-likeness (QED) is 0.0678. The van der Waals surface area contributed by atoms with E-state index in [2.05, 4.69) is 16.0 Å². The fourth-order valence-corrected chi connectivity index (χ4v) is 8.29. The average molecular weight is 972 g/mol. The number of carboxylic acids is 1. The van der Waals surface area contributed by atoms with Crippen molar-refractivity contribution in [2.24, 2.45) is 0 Å². The summed E-state index contributed by atoms with van der Waals surface area (Å²) in [7, 11) is 1.01. The van der Waals surface area contributed by atoms with Gasteiger partial charge in [0.15, 0.2) is 31.3 Å². The molecule has 5 saturated heterocycles. The van der Waals surface area contributed by atoms with Crippen LogP contribution in [0.2, 0.25) is 0 Å². The standard InChI is InChI=1S/C36H59N3O26.Na/c1-8-14(37-9(2)43)25(18(46)12(6-41)58-8)61-36-24(52)22(50)28(30(65-36)32(54)55)63-34-16(38-10(3)44)26(19(47)13(7-42)60-34)62-35-23(51)21(49)27(57-4)29(64-35)31(53)39-15-20(48)17(45)11(5-40)59-33(15)56;/h8,11-30,33-36,40-42,45-52,56H,5-7H2,1-4H3,(H,37,43)(H,38,44)(H,39,53)(H,54,55);/q;+1/p-1. The number of hydrogen-bond acceptors (Lipinski definition) is 26. The summed E-state index contributed by atoms with van der Waals surface area (Å²) >= 11 is 0. The van der Waals surface area contributed by atoms with Gasteiger partial charge in [-0.2, -0.15) is 0 Å². The third kappa shape index (κ3) is 12.1. The molecule has 5 aliphatic heterocycles. The van der Waals surface area contributed by atoms with Crippen molar-refractivity contribution in [1.29, 1.82) is 0 Å². The molecular formula is C36H58N3NaO26. The van der Waals surface area contributed by atoms with Gasteiger partial charge in [0, 0.05) is 21.0 Å². The van der Waals surface area contributed by atoms with Crippen molar-refractivity contribution < 1.29 is 158 Å². The second-order valence-corrected chi connectivity index (χ2v) is 16.1. The summed E-state index contributed by atoms with van der Waals surface area (Å²) in [5.74, 6) is -4.88. The van der Waals surface area contributed by atoms with E-state index in [1.165, 1.54) is 6.92 Å². The molecule has 30 heteroatoms. The van der Waals surface area contributed by atoms with Gasteiger partial charge in [0.25, 0.3) is 5.91 Å². The summed E-state index contributed by atoms with van der Waals surface area (Å²) in [6.45, 7) is 0.937. The molecule has 0 aromatic carbocycles. The first-order chi connectivity index (χ1) is 30.6. The predicted molar refractivity (Wildman–Crippen MR) is 198 cm³/mol. The van der Waals surface area contributed by atoms with Crippen LogP contribution in [-0.2, 0) is 61.8 Å². The van der Waals surface area contributed by atoms with E-state index in [9.17, 15) is 85.6 Å². The third-order valence-electron chi connectivity index (χ3n) is 11.7. The van der Waals surface area contributed by atoms with Crippen molar-refractivity contribution >= 4 is 23.7 Å². The molecule has 0 radical (unpaired) electrons. The van der Waals surface area contributed by atoms with Crippen LogP contribution in [-0.4, -0.2) is 265 Å². The minimum Gasteiger partial charge on any atom is -0.547 e. The third-order valence-corrected chi connectivity index (χ3v) is 11.7.